The Morgan fingerprint density at radius 1 is 1.30 bits per heavy atom. The summed E-state index contributed by atoms with van der Waals surface area (Å²) in [5, 5.41) is -1.11. The van der Waals surface area contributed by atoms with Crippen LogP contribution in [-0.4, -0.2) is 19.9 Å². The van der Waals surface area contributed by atoms with Gasteiger partial charge < -0.3 is 0 Å². The molecule has 2 atom stereocenters. The van der Waals surface area contributed by atoms with Gasteiger partial charge >= 0.3 is 6.18 Å². The molecule has 0 bridgehead atoms. The lowest BCUT2D eigenvalue weighted by Crippen LogP contribution is -2.16. The zero-order valence-corrected chi connectivity index (χ0v) is 11.7. The number of hydrogen-bond acceptors (Lipinski definition) is 2. The van der Waals surface area contributed by atoms with Crippen molar-refractivity contribution in [1.82, 2.24) is 0 Å². The molecule has 1 fully saturated rings. The second kappa shape index (κ2) is 5.18. The van der Waals surface area contributed by atoms with Crippen molar-refractivity contribution in [3.63, 3.8) is 0 Å². The first-order valence-electron chi connectivity index (χ1n) is 5.81. The molecule has 0 saturated carbocycles. The van der Waals surface area contributed by atoms with Gasteiger partial charge in [0.15, 0.2) is 9.84 Å². The SMILES string of the molecule is O=S1(=O)CCC(C(Cl)c2ccc(F)cc2C(F)(F)F)C1. The Morgan fingerprint density at radius 2 is 1.95 bits per heavy atom. The maximum atomic E-state index is 13.0. The van der Waals surface area contributed by atoms with Crippen LogP contribution in [-0.2, 0) is 16.0 Å². The summed E-state index contributed by atoms with van der Waals surface area (Å²) < 4.78 is 74.4. The minimum atomic E-state index is -4.73. The van der Waals surface area contributed by atoms with E-state index < -0.39 is 38.7 Å². The average Bonchev–Trinajstić information content (AvgIpc) is 2.67. The van der Waals surface area contributed by atoms with Crippen molar-refractivity contribution in [1.29, 1.82) is 0 Å². The zero-order chi connectivity index (χ0) is 15.1. The van der Waals surface area contributed by atoms with Gasteiger partial charge in [0.2, 0.25) is 0 Å². The van der Waals surface area contributed by atoms with Gasteiger partial charge in [-0.15, -0.1) is 11.6 Å². The summed E-state index contributed by atoms with van der Waals surface area (Å²) in [5.41, 5.74) is -1.43. The first-order chi connectivity index (χ1) is 9.10. The Hall–Kier alpha value is -0.820. The maximum Gasteiger partial charge on any atom is 0.416 e. The summed E-state index contributed by atoms with van der Waals surface area (Å²) in [7, 11) is -3.24. The lowest BCUT2D eigenvalue weighted by molar-refractivity contribution is -0.138. The lowest BCUT2D eigenvalue weighted by Gasteiger charge is -2.20. The molecule has 2 unspecified atom stereocenters. The van der Waals surface area contributed by atoms with Crippen molar-refractivity contribution in [2.75, 3.05) is 11.5 Å². The van der Waals surface area contributed by atoms with Gasteiger partial charge in [-0.3, -0.25) is 0 Å². The summed E-state index contributed by atoms with van der Waals surface area (Å²) in [6.45, 7) is 0. The van der Waals surface area contributed by atoms with Crippen LogP contribution in [0.25, 0.3) is 0 Å². The van der Waals surface area contributed by atoms with E-state index in [1.54, 1.807) is 0 Å². The molecule has 1 aromatic carbocycles. The van der Waals surface area contributed by atoms with Crippen molar-refractivity contribution in [2.24, 2.45) is 5.92 Å². The molecule has 20 heavy (non-hydrogen) atoms. The Balaban J connectivity index is 2.38. The molecule has 1 aliphatic rings. The molecule has 1 saturated heterocycles. The largest absolute Gasteiger partial charge is 0.416 e. The molecule has 0 radical (unpaired) electrons. The second-order valence-electron chi connectivity index (χ2n) is 4.79. The Labute approximate surface area is 118 Å². The fourth-order valence-corrected chi connectivity index (χ4v) is 4.67. The predicted octanol–water partition coefficient (Wildman–Crippen LogP) is 3.56. The Kier molecular flexibility index (Phi) is 4.03. The van der Waals surface area contributed by atoms with E-state index in [1.165, 1.54) is 0 Å². The van der Waals surface area contributed by atoms with E-state index >= 15 is 0 Å². The van der Waals surface area contributed by atoms with Crippen LogP contribution in [0, 0.1) is 11.7 Å². The number of sulfone groups is 1. The molecule has 1 aromatic rings. The van der Waals surface area contributed by atoms with Crippen LogP contribution in [0.3, 0.4) is 0 Å². The molecule has 0 aliphatic carbocycles. The van der Waals surface area contributed by atoms with Gasteiger partial charge in [-0.25, -0.2) is 12.8 Å². The van der Waals surface area contributed by atoms with Crippen LogP contribution in [0.1, 0.15) is 22.9 Å². The lowest BCUT2D eigenvalue weighted by atomic mass is 9.94. The van der Waals surface area contributed by atoms with Gasteiger partial charge in [-0.05, 0) is 30.0 Å². The summed E-state index contributed by atoms with van der Waals surface area (Å²) in [6.07, 6.45) is -4.52. The van der Waals surface area contributed by atoms with Gasteiger partial charge in [-0.2, -0.15) is 13.2 Å². The van der Waals surface area contributed by atoms with Crippen LogP contribution in [0.15, 0.2) is 18.2 Å². The first-order valence-corrected chi connectivity index (χ1v) is 8.07. The molecule has 0 N–H and O–H groups in total. The number of alkyl halides is 4. The number of hydrogen-bond donors (Lipinski definition) is 0. The van der Waals surface area contributed by atoms with Crippen LogP contribution in [0.2, 0.25) is 0 Å². The third-order valence-corrected chi connectivity index (χ3v) is 5.68. The second-order valence-corrected chi connectivity index (χ2v) is 7.49. The number of halogens is 5. The third kappa shape index (κ3) is 3.25. The molecule has 8 heteroatoms. The van der Waals surface area contributed by atoms with Gasteiger partial charge in [0, 0.05) is 0 Å². The van der Waals surface area contributed by atoms with Crippen LogP contribution in [0.5, 0.6) is 0 Å². The highest BCUT2D eigenvalue weighted by molar-refractivity contribution is 7.91. The fourth-order valence-electron chi connectivity index (χ4n) is 2.32. The zero-order valence-electron chi connectivity index (χ0n) is 10.1. The van der Waals surface area contributed by atoms with E-state index in [-0.39, 0.29) is 23.5 Å². The van der Waals surface area contributed by atoms with Gasteiger partial charge in [0.1, 0.15) is 5.82 Å². The molecule has 112 valence electrons. The molecule has 1 heterocycles. The van der Waals surface area contributed by atoms with Crippen LogP contribution >= 0.6 is 11.6 Å². The first kappa shape index (κ1) is 15.6. The molecule has 0 aromatic heterocycles. The highest BCUT2D eigenvalue weighted by Crippen LogP contribution is 2.42. The number of benzene rings is 1. The topological polar surface area (TPSA) is 34.1 Å². The predicted molar refractivity (Wildman–Crippen MR) is 66.8 cm³/mol. The van der Waals surface area contributed by atoms with Crippen LogP contribution in [0.4, 0.5) is 17.6 Å². The quantitative estimate of drug-likeness (QED) is 0.614. The van der Waals surface area contributed by atoms with E-state index in [0.717, 1.165) is 12.1 Å². The third-order valence-electron chi connectivity index (χ3n) is 3.30. The van der Waals surface area contributed by atoms with Crippen molar-refractivity contribution in [2.45, 2.75) is 18.0 Å². The fraction of sp³-hybridized carbons (Fsp3) is 0.500. The van der Waals surface area contributed by atoms with E-state index in [9.17, 15) is 26.0 Å². The van der Waals surface area contributed by atoms with Gasteiger partial charge in [0.25, 0.3) is 0 Å². The summed E-state index contributed by atoms with van der Waals surface area (Å²) in [4.78, 5) is 0. The normalized spacial score (nSPS) is 23.8. The summed E-state index contributed by atoms with van der Waals surface area (Å²) >= 11 is 6.02. The summed E-state index contributed by atoms with van der Waals surface area (Å²) in [5.74, 6) is -1.92. The number of rotatable bonds is 2. The molecule has 0 amide bonds. The van der Waals surface area contributed by atoms with Crippen molar-refractivity contribution < 1.29 is 26.0 Å². The minimum Gasteiger partial charge on any atom is -0.229 e. The van der Waals surface area contributed by atoms with Crippen molar-refractivity contribution in [3.8, 4) is 0 Å². The van der Waals surface area contributed by atoms with Crippen molar-refractivity contribution in [3.05, 3.63) is 35.1 Å². The molecular weight excluding hydrogens is 320 g/mol. The Bertz CT molecular complexity index is 612. The molecular formula is C12H11ClF4O2S. The van der Waals surface area contributed by atoms with Gasteiger partial charge in [-0.1, -0.05) is 6.07 Å². The average molecular weight is 331 g/mol. The van der Waals surface area contributed by atoms with E-state index in [1.807, 2.05) is 0 Å². The van der Waals surface area contributed by atoms with E-state index in [0.29, 0.717) is 6.07 Å². The molecule has 1 aliphatic heterocycles. The smallest absolute Gasteiger partial charge is 0.229 e. The highest BCUT2D eigenvalue weighted by atomic mass is 35.5. The highest BCUT2D eigenvalue weighted by Gasteiger charge is 2.39. The molecule has 2 nitrogen and oxygen atoms in total. The Morgan fingerprint density at radius 3 is 2.45 bits per heavy atom. The molecule has 2 rings (SSSR count). The van der Waals surface area contributed by atoms with E-state index in [2.05, 4.69) is 0 Å². The van der Waals surface area contributed by atoms with Gasteiger partial charge in [0.05, 0.1) is 22.4 Å². The maximum absolute atomic E-state index is 13.0. The minimum absolute atomic E-state index is 0.0799. The molecule has 0 spiro atoms. The summed E-state index contributed by atoms with van der Waals surface area (Å²) in [6, 6.07) is 2.25. The van der Waals surface area contributed by atoms with Crippen LogP contribution < -0.4 is 0 Å². The monoisotopic (exact) mass is 330 g/mol. The van der Waals surface area contributed by atoms with E-state index in [4.69, 9.17) is 11.6 Å². The van der Waals surface area contributed by atoms with Crippen molar-refractivity contribution >= 4 is 21.4 Å². The standard InChI is InChI=1S/C12H11ClF4O2S/c13-11(7-3-4-20(18,19)6-7)9-2-1-8(14)5-10(9)12(15,16)17/h1-2,5,7,11H,3-4,6H2.